The SMILES string of the molecule is [CH2]C1(O)Cc2ccccc2C(O[Si](c2ccccc2)(c2ccccc2)C(C)(C)C)CC1O. The van der Waals surface area contributed by atoms with Gasteiger partial charge in [-0.25, -0.2) is 0 Å². The van der Waals surface area contributed by atoms with Crippen molar-refractivity contribution in [1.29, 1.82) is 0 Å². The molecule has 3 unspecified atom stereocenters. The van der Waals surface area contributed by atoms with Crippen molar-refractivity contribution >= 4 is 18.7 Å². The van der Waals surface area contributed by atoms with Gasteiger partial charge >= 0.3 is 0 Å². The molecule has 0 saturated heterocycles. The van der Waals surface area contributed by atoms with Crippen LogP contribution in [0.3, 0.4) is 0 Å². The highest BCUT2D eigenvalue weighted by atomic mass is 28.4. The minimum atomic E-state index is -2.82. The van der Waals surface area contributed by atoms with Crippen molar-refractivity contribution in [3.63, 3.8) is 0 Å². The predicted octanol–water partition coefficient (Wildman–Crippen LogP) is 4.18. The molecule has 167 valence electrons. The summed E-state index contributed by atoms with van der Waals surface area (Å²) in [7, 11) is -2.82. The number of aliphatic hydroxyl groups excluding tert-OH is 1. The van der Waals surface area contributed by atoms with Crippen LogP contribution in [0.4, 0.5) is 0 Å². The summed E-state index contributed by atoms with van der Waals surface area (Å²) in [5.74, 6) is 0. The Morgan fingerprint density at radius 3 is 1.91 bits per heavy atom. The Balaban J connectivity index is 1.92. The summed E-state index contributed by atoms with van der Waals surface area (Å²) in [6, 6.07) is 29.0. The summed E-state index contributed by atoms with van der Waals surface area (Å²) in [5, 5.41) is 24.0. The number of rotatable bonds is 4. The zero-order chi connectivity index (χ0) is 23.0. The van der Waals surface area contributed by atoms with Crippen LogP contribution < -0.4 is 10.4 Å². The summed E-state index contributed by atoms with van der Waals surface area (Å²) in [5.41, 5.74) is 0.559. The lowest BCUT2D eigenvalue weighted by atomic mass is 9.92. The number of benzene rings is 3. The molecule has 0 saturated carbocycles. The first-order valence-corrected chi connectivity index (χ1v) is 13.2. The van der Waals surface area contributed by atoms with Gasteiger partial charge in [0.2, 0.25) is 0 Å². The fourth-order valence-electron chi connectivity index (χ4n) is 5.02. The highest BCUT2D eigenvalue weighted by molar-refractivity contribution is 6.99. The molecule has 0 amide bonds. The topological polar surface area (TPSA) is 49.7 Å². The standard InChI is InChI=1S/C28H33O3Si/c1-27(2,3)32(22-14-7-5-8-15-22,23-16-9-6-10-17-23)31-25-19-26(29)28(4,30)20-21-13-11-12-18-24(21)25/h5-18,25-26,29-30H,4,19-20H2,1-3H3. The molecule has 0 spiro atoms. The molecule has 2 N–H and O–H groups in total. The van der Waals surface area contributed by atoms with Gasteiger partial charge in [0, 0.05) is 12.8 Å². The first-order valence-electron chi connectivity index (χ1n) is 11.3. The van der Waals surface area contributed by atoms with E-state index in [1.165, 1.54) is 10.4 Å². The van der Waals surface area contributed by atoms with E-state index in [9.17, 15) is 10.2 Å². The van der Waals surface area contributed by atoms with Gasteiger partial charge in [0.25, 0.3) is 8.32 Å². The Kier molecular flexibility index (Phi) is 6.16. The van der Waals surface area contributed by atoms with Gasteiger partial charge in [-0.15, -0.1) is 0 Å². The van der Waals surface area contributed by atoms with E-state index in [2.05, 4.69) is 82.3 Å². The van der Waals surface area contributed by atoms with E-state index in [0.29, 0.717) is 12.8 Å². The Labute approximate surface area is 192 Å². The molecule has 1 aliphatic rings. The van der Waals surface area contributed by atoms with Crippen molar-refractivity contribution in [3.8, 4) is 0 Å². The number of hydrogen-bond acceptors (Lipinski definition) is 3. The maximum absolute atomic E-state index is 10.9. The van der Waals surface area contributed by atoms with Crippen LogP contribution in [0, 0.1) is 6.92 Å². The Hall–Kier alpha value is -2.24. The van der Waals surface area contributed by atoms with Crippen molar-refractivity contribution in [2.24, 2.45) is 0 Å². The summed E-state index contributed by atoms with van der Waals surface area (Å²) in [6.45, 7) is 10.7. The van der Waals surface area contributed by atoms with Gasteiger partial charge in [0.05, 0.1) is 17.8 Å². The largest absolute Gasteiger partial charge is 0.400 e. The van der Waals surface area contributed by atoms with Crippen molar-refractivity contribution in [2.45, 2.75) is 56.5 Å². The minimum Gasteiger partial charge on any atom is -0.400 e. The molecule has 4 heteroatoms. The highest BCUT2D eigenvalue weighted by Gasteiger charge is 2.52. The number of aliphatic hydroxyl groups is 2. The average Bonchev–Trinajstić information content (AvgIpc) is 2.86. The quantitative estimate of drug-likeness (QED) is 0.468. The van der Waals surface area contributed by atoms with Gasteiger partial charge in [-0.3, -0.25) is 0 Å². The molecule has 0 bridgehead atoms. The van der Waals surface area contributed by atoms with Crippen LogP contribution in [-0.4, -0.2) is 30.2 Å². The third-order valence-corrected chi connectivity index (χ3v) is 11.7. The van der Waals surface area contributed by atoms with Crippen LogP contribution in [-0.2, 0) is 10.8 Å². The van der Waals surface area contributed by atoms with E-state index in [-0.39, 0.29) is 11.1 Å². The van der Waals surface area contributed by atoms with Crippen molar-refractivity contribution < 1.29 is 14.6 Å². The summed E-state index contributed by atoms with van der Waals surface area (Å²) in [4.78, 5) is 0. The van der Waals surface area contributed by atoms with Gasteiger partial charge in [-0.1, -0.05) is 106 Å². The van der Waals surface area contributed by atoms with Gasteiger partial charge in [0.15, 0.2) is 0 Å². The van der Waals surface area contributed by atoms with Gasteiger partial charge in [-0.2, -0.15) is 0 Å². The third kappa shape index (κ3) is 4.08. The van der Waals surface area contributed by atoms with E-state index in [4.69, 9.17) is 4.43 Å². The zero-order valence-electron chi connectivity index (χ0n) is 19.2. The second-order valence-corrected chi connectivity index (χ2v) is 14.3. The lowest BCUT2D eigenvalue weighted by molar-refractivity contribution is -0.0552. The molecular formula is C28H33O3Si. The molecule has 0 heterocycles. The molecule has 0 aliphatic heterocycles. The fourth-order valence-corrected chi connectivity index (χ4v) is 9.69. The van der Waals surface area contributed by atoms with Gasteiger partial charge in [0.1, 0.15) is 0 Å². The summed E-state index contributed by atoms with van der Waals surface area (Å²) >= 11 is 0. The molecule has 1 radical (unpaired) electrons. The van der Waals surface area contributed by atoms with E-state index in [1.807, 2.05) is 30.3 Å². The monoisotopic (exact) mass is 445 g/mol. The molecular weight excluding hydrogens is 412 g/mol. The van der Waals surface area contributed by atoms with Crippen molar-refractivity contribution in [3.05, 3.63) is 103 Å². The molecule has 0 aromatic heterocycles. The number of hydrogen-bond donors (Lipinski definition) is 2. The van der Waals surface area contributed by atoms with E-state index in [1.54, 1.807) is 0 Å². The molecule has 3 nitrogen and oxygen atoms in total. The average molecular weight is 446 g/mol. The highest BCUT2D eigenvalue weighted by Crippen LogP contribution is 2.43. The fraction of sp³-hybridized carbons (Fsp3) is 0.321. The molecule has 1 aliphatic carbocycles. The van der Waals surface area contributed by atoms with Crippen LogP contribution in [0.1, 0.15) is 44.4 Å². The molecule has 3 atom stereocenters. The number of fused-ring (bicyclic) bond motifs is 1. The maximum atomic E-state index is 10.9. The van der Waals surface area contributed by atoms with Gasteiger partial charge in [-0.05, 0) is 33.5 Å². The molecule has 0 fully saturated rings. The lowest BCUT2D eigenvalue weighted by Crippen LogP contribution is -2.67. The van der Waals surface area contributed by atoms with Crippen LogP contribution >= 0.6 is 0 Å². The molecule has 32 heavy (non-hydrogen) atoms. The zero-order valence-corrected chi connectivity index (χ0v) is 20.2. The molecule has 3 aromatic carbocycles. The van der Waals surface area contributed by atoms with Crippen LogP contribution in [0.5, 0.6) is 0 Å². The normalized spacial score (nSPS) is 23.9. The minimum absolute atomic E-state index is 0.178. The lowest BCUT2D eigenvalue weighted by Gasteiger charge is -2.45. The van der Waals surface area contributed by atoms with Crippen molar-refractivity contribution in [1.82, 2.24) is 0 Å². The van der Waals surface area contributed by atoms with Crippen LogP contribution in [0.15, 0.2) is 84.9 Å². The second kappa shape index (κ2) is 8.60. The maximum Gasteiger partial charge on any atom is 0.261 e. The third-order valence-electron chi connectivity index (χ3n) is 6.69. The first-order chi connectivity index (χ1) is 15.1. The van der Waals surface area contributed by atoms with E-state index < -0.39 is 20.0 Å². The van der Waals surface area contributed by atoms with E-state index in [0.717, 1.165) is 11.1 Å². The van der Waals surface area contributed by atoms with Gasteiger partial charge < -0.3 is 14.6 Å². The Morgan fingerprint density at radius 1 is 0.875 bits per heavy atom. The smallest absolute Gasteiger partial charge is 0.261 e. The Bertz CT molecular complexity index is 1000. The van der Waals surface area contributed by atoms with Crippen molar-refractivity contribution in [2.75, 3.05) is 0 Å². The Morgan fingerprint density at radius 2 is 1.38 bits per heavy atom. The first kappa shape index (κ1) is 22.9. The molecule has 3 aromatic rings. The van der Waals surface area contributed by atoms with Crippen LogP contribution in [0.25, 0.3) is 0 Å². The second-order valence-electron chi connectivity index (χ2n) is 10.0. The molecule has 4 rings (SSSR count). The van der Waals surface area contributed by atoms with Crippen LogP contribution in [0.2, 0.25) is 5.04 Å². The predicted molar refractivity (Wildman–Crippen MR) is 133 cm³/mol. The van der Waals surface area contributed by atoms with E-state index >= 15 is 0 Å². The summed E-state index contributed by atoms with van der Waals surface area (Å²) in [6.07, 6.45) is -0.756. The summed E-state index contributed by atoms with van der Waals surface area (Å²) < 4.78 is 7.33.